The number of benzene rings is 1. The Balaban J connectivity index is 2.30. The summed E-state index contributed by atoms with van der Waals surface area (Å²) < 4.78 is 5.96. The molecule has 0 spiro atoms. The first kappa shape index (κ1) is 11.9. The van der Waals surface area contributed by atoms with Gasteiger partial charge in [-0.15, -0.1) is 0 Å². The third-order valence-electron chi connectivity index (χ3n) is 3.07. The van der Waals surface area contributed by atoms with E-state index in [0.717, 1.165) is 16.7 Å². The van der Waals surface area contributed by atoms with Crippen LogP contribution in [0.5, 0.6) is 5.75 Å². The van der Waals surface area contributed by atoms with E-state index < -0.39 is 0 Å². The van der Waals surface area contributed by atoms with E-state index in [1.54, 1.807) is 6.20 Å². The Morgan fingerprint density at radius 3 is 2.71 bits per heavy atom. The number of nitrogens with one attached hydrogen (secondary N) is 1. The summed E-state index contributed by atoms with van der Waals surface area (Å²) in [6.07, 6.45) is 1.90. The fourth-order valence-electron chi connectivity index (χ4n) is 1.71. The summed E-state index contributed by atoms with van der Waals surface area (Å²) in [6, 6.07) is 10.3. The third kappa shape index (κ3) is 2.56. The number of nitrogens with zero attached hydrogens (tertiary/aromatic N) is 1. The van der Waals surface area contributed by atoms with Gasteiger partial charge in [-0.2, -0.15) is 0 Å². The van der Waals surface area contributed by atoms with Crippen LogP contribution in [0.15, 0.2) is 36.5 Å². The van der Waals surface area contributed by atoms with Crippen LogP contribution in [0, 0.1) is 0 Å². The highest BCUT2D eigenvalue weighted by Gasteiger charge is 2.13. The maximum absolute atomic E-state index is 5.96. The van der Waals surface area contributed by atoms with Crippen LogP contribution in [0.4, 0.5) is 0 Å². The molecule has 2 atom stereocenters. The summed E-state index contributed by atoms with van der Waals surface area (Å²) in [5.74, 6) is 0.845. The fourth-order valence-corrected chi connectivity index (χ4v) is 1.71. The van der Waals surface area contributed by atoms with Gasteiger partial charge < -0.3 is 10.1 Å². The van der Waals surface area contributed by atoms with Crippen molar-refractivity contribution in [3.8, 4) is 5.75 Å². The van der Waals surface area contributed by atoms with Crippen LogP contribution in [-0.2, 0) is 0 Å². The molecular formula is C14H18N2O. The molecule has 1 heterocycles. The van der Waals surface area contributed by atoms with Crippen molar-refractivity contribution in [2.45, 2.75) is 26.0 Å². The number of rotatable bonds is 4. The van der Waals surface area contributed by atoms with Gasteiger partial charge in [-0.3, -0.25) is 4.98 Å². The standard InChI is InChI=1S/C14H18N2O/c1-10(15-3)11(2)17-13-8-4-6-12-7-5-9-16-14(12)13/h4-11,15H,1-3H3. The maximum Gasteiger partial charge on any atom is 0.146 e. The zero-order valence-electron chi connectivity index (χ0n) is 10.5. The van der Waals surface area contributed by atoms with Crippen LogP contribution in [-0.4, -0.2) is 24.2 Å². The van der Waals surface area contributed by atoms with Crippen molar-refractivity contribution in [3.63, 3.8) is 0 Å². The van der Waals surface area contributed by atoms with Crippen molar-refractivity contribution in [2.75, 3.05) is 7.05 Å². The number of likely N-dealkylation sites (N-methyl/N-ethyl adjacent to an activating group) is 1. The van der Waals surface area contributed by atoms with E-state index in [9.17, 15) is 0 Å². The lowest BCUT2D eigenvalue weighted by Crippen LogP contribution is -2.36. The lowest BCUT2D eigenvalue weighted by molar-refractivity contribution is 0.184. The highest BCUT2D eigenvalue weighted by molar-refractivity contribution is 5.84. The number of aromatic nitrogens is 1. The molecular weight excluding hydrogens is 212 g/mol. The van der Waals surface area contributed by atoms with Crippen molar-refractivity contribution in [1.82, 2.24) is 10.3 Å². The average Bonchev–Trinajstić information content (AvgIpc) is 2.38. The Kier molecular flexibility index (Phi) is 3.59. The van der Waals surface area contributed by atoms with E-state index >= 15 is 0 Å². The minimum Gasteiger partial charge on any atom is -0.487 e. The smallest absolute Gasteiger partial charge is 0.146 e. The zero-order chi connectivity index (χ0) is 12.3. The minimum atomic E-state index is 0.104. The molecule has 0 fully saturated rings. The molecule has 0 aliphatic rings. The molecule has 1 aromatic carbocycles. The van der Waals surface area contributed by atoms with Gasteiger partial charge in [0.15, 0.2) is 0 Å². The van der Waals surface area contributed by atoms with E-state index in [2.05, 4.69) is 24.1 Å². The minimum absolute atomic E-state index is 0.104. The molecule has 0 radical (unpaired) electrons. The van der Waals surface area contributed by atoms with Gasteiger partial charge >= 0.3 is 0 Å². The average molecular weight is 230 g/mol. The van der Waals surface area contributed by atoms with Gasteiger partial charge in [0.1, 0.15) is 17.4 Å². The quantitative estimate of drug-likeness (QED) is 0.876. The van der Waals surface area contributed by atoms with Crippen LogP contribution in [0.3, 0.4) is 0 Å². The summed E-state index contributed by atoms with van der Waals surface area (Å²) in [5.41, 5.74) is 0.921. The molecule has 0 amide bonds. The summed E-state index contributed by atoms with van der Waals surface area (Å²) in [6.45, 7) is 4.16. The van der Waals surface area contributed by atoms with Gasteiger partial charge in [0.05, 0.1) is 0 Å². The Labute approximate surface area is 102 Å². The highest BCUT2D eigenvalue weighted by Crippen LogP contribution is 2.24. The SMILES string of the molecule is CNC(C)C(C)Oc1cccc2cccnc12. The van der Waals surface area contributed by atoms with Crippen molar-refractivity contribution in [3.05, 3.63) is 36.5 Å². The van der Waals surface area contributed by atoms with Gasteiger partial charge in [0, 0.05) is 17.6 Å². The Morgan fingerprint density at radius 1 is 1.18 bits per heavy atom. The van der Waals surface area contributed by atoms with Gasteiger partial charge in [0.25, 0.3) is 0 Å². The van der Waals surface area contributed by atoms with E-state index in [4.69, 9.17) is 4.74 Å². The largest absolute Gasteiger partial charge is 0.487 e. The normalized spacial score (nSPS) is 14.5. The van der Waals surface area contributed by atoms with Crippen LogP contribution in [0.2, 0.25) is 0 Å². The summed E-state index contributed by atoms with van der Waals surface area (Å²) >= 11 is 0. The number of hydrogen-bond acceptors (Lipinski definition) is 3. The number of ether oxygens (including phenoxy) is 1. The number of hydrogen-bond donors (Lipinski definition) is 1. The molecule has 2 aromatic rings. The fraction of sp³-hybridized carbons (Fsp3) is 0.357. The predicted octanol–water partition coefficient (Wildman–Crippen LogP) is 2.61. The molecule has 2 unspecified atom stereocenters. The second-order valence-electron chi connectivity index (χ2n) is 4.23. The topological polar surface area (TPSA) is 34.1 Å². The van der Waals surface area contributed by atoms with Crippen molar-refractivity contribution in [2.24, 2.45) is 0 Å². The second kappa shape index (κ2) is 5.15. The second-order valence-corrected chi connectivity index (χ2v) is 4.23. The van der Waals surface area contributed by atoms with E-state index in [0.29, 0.717) is 6.04 Å². The first-order valence-electron chi connectivity index (χ1n) is 5.90. The van der Waals surface area contributed by atoms with E-state index in [1.807, 2.05) is 37.4 Å². The molecule has 17 heavy (non-hydrogen) atoms. The molecule has 0 aliphatic heterocycles. The van der Waals surface area contributed by atoms with E-state index in [-0.39, 0.29) is 6.10 Å². The van der Waals surface area contributed by atoms with Gasteiger partial charge in [0.2, 0.25) is 0 Å². The van der Waals surface area contributed by atoms with Crippen molar-refractivity contribution in [1.29, 1.82) is 0 Å². The summed E-state index contributed by atoms with van der Waals surface area (Å²) in [4.78, 5) is 4.37. The Morgan fingerprint density at radius 2 is 1.94 bits per heavy atom. The molecule has 3 nitrogen and oxygen atoms in total. The van der Waals surface area contributed by atoms with Crippen molar-refractivity contribution < 1.29 is 4.74 Å². The van der Waals surface area contributed by atoms with Gasteiger partial charge in [-0.25, -0.2) is 0 Å². The number of para-hydroxylation sites is 1. The lowest BCUT2D eigenvalue weighted by Gasteiger charge is -2.21. The predicted molar refractivity (Wildman–Crippen MR) is 70.4 cm³/mol. The Hall–Kier alpha value is -1.61. The molecule has 90 valence electrons. The molecule has 0 saturated heterocycles. The maximum atomic E-state index is 5.96. The molecule has 1 N–H and O–H groups in total. The first-order valence-corrected chi connectivity index (χ1v) is 5.90. The molecule has 0 aliphatic carbocycles. The van der Waals surface area contributed by atoms with E-state index in [1.165, 1.54) is 0 Å². The van der Waals surface area contributed by atoms with Crippen LogP contribution >= 0.6 is 0 Å². The molecule has 2 rings (SSSR count). The van der Waals surface area contributed by atoms with Crippen LogP contribution < -0.4 is 10.1 Å². The monoisotopic (exact) mass is 230 g/mol. The highest BCUT2D eigenvalue weighted by atomic mass is 16.5. The third-order valence-corrected chi connectivity index (χ3v) is 3.07. The molecule has 3 heteroatoms. The summed E-state index contributed by atoms with van der Waals surface area (Å²) in [5, 5.41) is 4.29. The molecule has 0 bridgehead atoms. The van der Waals surface area contributed by atoms with Crippen LogP contribution in [0.1, 0.15) is 13.8 Å². The molecule has 1 aromatic heterocycles. The molecule has 0 saturated carbocycles. The van der Waals surface area contributed by atoms with Gasteiger partial charge in [-0.05, 0) is 33.0 Å². The van der Waals surface area contributed by atoms with Crippen LogP contribution in [0.25, 0.3) is 10.9 Å². The van der Waals surface area contributed by atoms with Crippen molar-refractivity contribution >= 4 is 10.9 Å². The lowest BCUT2D eigenvalue weighted by atomic mass is 10.2. The Bertz CT molecular complexity index is 493. The first-order chi connectivity index (χ1) is 8.22. The number of fused-ring (bicyclic) bond motifs is 1. The zero-order valence-corrected chi connectivity index (χ0v) is 10.5. The summed E-state index contributed by atoms with van der Waals surface area (Å²) in [7, 11) is 1.94. The number of pyridine rings is 1. The van der Waals surface area contributed by atoms with Gasteiger partial charge in [-0.1, -0.05) is 18.2 Å².